The quantitative estimate of drug-likeness (QED) is 0.702. The number of nitrogens with two attached hydrogens (primary N) is 1. The van der Waals surface area contributed by atoms with Crippen molar-refractivity contribution in [2.75, 3.05) is 7.11 Å². The molecule has 0 aliphatic heterocycles. The Labute approximate surface area is 147 Å². The SMILES string of the molecule is COc1ccc2c(C[NH2+][C@H](c3ccccc3)C(C)C)cc(=O)oc2c1. The molecule has 1 heterocycles. The highest BCUT2D eigenvalue weighted by molar-refractivity contribution is 5.81. The Kier molecular flexibility index (Phi) is 5.19. The Hall–Kier alpha value is -2.59. The van der Waals surface area contributed by atoms with E-state index >= 15 is 0 Å². The monoisotopic (exact) mass is 338 g/mol. The van der Waals surface area contributed by atoms with Gasteiger partial charge in [0.05, 0.1) is 7.11 Å². The predicted octanol–water partition coefficient (Wildman–Crippen LogP) is 3.26. The van der Waals surface area contributed by atoms with Crippen molar-refractivity contribution in [2.45, 2.75) is 26.4 Å². The number of rotatable bonds is 6. The molecule has 3 aromatic rings. The van der Waals surface area contributed by atoms with Crippen LogP contribution in [0.2, 0.25) is 0 Å². The van der Waals surface area contributed by atoms with E-state index in [1.165, 1.54) is 5.56 Å². The highest BCUT2D eigenvalue weighted by atomic mass is 16.5. The van der Waals surface area contributed by atoms with Crippen molar-refractivity contribution in [3.63, 3.8) is 0 Å². The molecule has 0 saturated heterocycles. The molecule has 25 heavy (non-hydrogen) atoms. The number of benzene rings is 2. The van der Waals surface area contributed by atoms with Gasteiger partial charge < -0.3 is 14.5 Å². The number of ether oxygens (including phenoxy) is 1. The largest absolute Gasteiger partial charge is 0.497 e. The molecule has 2 N–H and O–H groups in total. The minimum absolute atomic E-state index is 0.329. The van der Waals surface area contributed by atoms with Crippen molar-refractivity contribution in [2.24, 2.45) is 5.92 Å². The van der Waals surface area contributed by atoms with E-state index < -0.39 is 0 Å². The molecule has 3 rings (SSSR count). The molecule has 1 atom stereocenters. The van der Waals surface area contributed by atoms with Crippen molar-refractivity contribution < 1.29 is 14.5 Å². The maximum atomic E-state index is 11.9. The first kappa shape index (κ1) is 17.2. The normalized spacial score (nSPS) is 12.5. The number of quaternary nitrogens is 1. The first-order valence-corrected chi connectivity index (χ1v) is 8.57. The Morgan fingerprint density at radius 1 is 1.08 bits per heavy atom. The van der Waals surface area contributed by atoms with Gasteiger partial charge in [-0.25, -0.2) is 4.79 Å². The Morgan fingerprint density at radius 3 is 2.52 bits per heavy atom. The summed E-state index contributed by atoms with van der Waals surface area (Å²) in [5.74, 6) is 1.16. The lowest BCUT2D eigenvalue weighted by Crippen LogP contribution is -2.84. The molecular weight excluding hydrogens is 314 g/mol. The molecule has 0 saturated carbocycles. The van der Waals surface area contributed by atoms with E-state index in [2.05, 4.69) is 43.4 Å². The molecule has 0 spiro atoms. The molecular formula is C21H24NO3+. The molecule has 0 fully saturated rings. The van der Waals surface area contributed by atoms with Crippen LogP contribution in [0.1, 0.15) is 31.0 Å². The van der Waals surface area contributed by atoms with E-state index in [9.17, 15) is 4.79 Å². The highest BCUT2D eigenvalue weighted by Gasteiger charge is 2.19. The highest BCUT2D eigenvalue weighted by Crippen LogP contribution is 2.23. The third-order valence-electron chi connectivity index (χ3n) is 4.53. The lowest BCUT2D eigenvalue weighted by atomic mass is 9.95. The first-order chi connectivity index (χ1) is 12.1. The summed E-state index contributed by atoms with van der Waals surface area (Å²) in [5, 5.41) is 3.24. The van der Waals surface area contributed by atoms with Crippen LogP contribution < -0.4 is 15.7 Å². The molecule has 4 heteroatoms. The summed E-state index contributed by atoms with van der Waals surface area (Å²) in [6, 6.07) is 18.0. The summed E-state index contributed by atoms with van der Waals surface area (Å²) in [5.41, 5.74) is 2.52. The summed E-state index contributed by atoms with van der Waals surface area (Å²) < 4.78 is 10.6. The van der Waals surface area contributed by atoms with Crippen molar-refractivity contribution in [3.8, 4) is 5.75 Å². The average molecular weight is 338 g/mol. The molecule has 4 nitrogen and oxygen atoms in total. The van der Waals surface area contributed by atoms with Crippen LogP contribution in [0.15, 0.2) is 63.8 Å². The van der Waals surface area contributed by atoms with E-state index in [0.29, 0.717) is 29.8 Å². The summed E-state index contributed by atoms with van der Waals surface area (Å²) in [6.07, 6.45) is 0. The van der Waals surface area contributed by atoms with Gasteiger partial charge in [0.25, 0.3) is 0 Å². The molecule has 0 aliphatic rings. The van der Waals surface area contributed by atoms with Crippen molar-refractivity contribution in [3.05, 3.63) is 76.1 Å². The van der Waals surface area contributed by atoms with E-state index in [-0.39, 0.29) is 5.63 Å². The van der Waals surface area contributed by atoms with Gasteiger partial charge in [0.2, 0.25) is 0 Å². The summed E-state index contributed by atoms with van der Waals surface area (Å²) in [6.45, 7) is 5.15. The van der Waals surface area contributed by atoms with Gasteiger partial charge in [-0.3, -0.25) is 0 Å². The molecule has 0 aliphatic carbocycles. The van der Waals surface area contributed by atoms with Crippen molar-refractivity contribution >= 4 is 11.0 Å². The van der Waals surface area contributed by atoms with Gasteiger partial charge in [-0.2, -0.15) is 0 Å². The third-order valence-corrected chi connectivity index (χ3v) is 4.53. The third kappa shape index (κ3) is 3.91. The van der Waals surface area contributed by atoms with Crippen LogP contribution in [0, 0.1) is 5.92 Å². The minimum atomic E-state index is -0.329. The van der Waals surface area contributed by atoms with E-state index in [1.807, 2.05) is 18.2 Å². The fourth-order valence-corrected chi connectivity index (χ4v) is 3.23. The van der Waals surface area contributed by atoms with E-state index in [4.69, 9.17) is 9.15 Å². The van der Waals surface area contributed by atoms with Crippen LogP contribution >= 0.6 is 0 Å². The maximum absolute atomic E-state index is 11.9. The molecule has 0 amide bonds. The molecule has 2 aromatic carbocycles. The van der Waals surface area contributed by atoms with Gasteiger partial charge in [-0.15, -0.1) is 0 Å². The Morgan fingerprint density at radius 2 is 1.84 bits per heavy atom. The average Bonchev–Trinajstić information content (AvgIpc) is 2.61. The predicted molar refractivity (Wildman–Crippen MR) is 98.7 cm³/mol. The summed E-state index contributed by atoms with van der Waals surface area (Å²) in [4.78, 5) is 11.9. The van der Waals surface area contributed by atoms with Crippen LogP contribution in [-0.2, 0) is 6.54 Å². The second-order valence-corrected chi connectivity index (χ2v) is 6.57. The molecule has 130 valence electrons. The molecule has 1 aromatic heterocycles. The smallest absolute Gasteiger partial charge is 0.336 e. The van der Waals surface area contributed by atoms with Crippen LogP contribution in [-0.4, -0.2) is 7.11 Å². The zero-order valence-electron chi connectivity index (χ0n) is 14.9. The van der Waals surface area contributed by atoms with E-state index in [0.717, 1.165) is 10.9 Å². The lowest BCUT2D eigenvalue weighted by Gasteiger charge is -2.20. The fourth-order valence-electron chi connectivity index (χ4n) is 3.23. The summed E-state index contributed by atoms with van der Waals surface area (Å²) >= 11 is 0. The lowest BCUT2D eigenvalue weighted by molar-refractivity contribution is -0.716. The minimum Gasteiger partial charge on any atom is -0.497 e. The van der Waals surface area contributed by atoms with Gasteiger partial charge in [0.1, 0.15) is 23.9 Å². The number of hydrogen-bond acceptors (Lipinski definition) is 3. The second-order valence-electron chi connectivity index (χ2n) is 6.57. The van der Waals surface area contributed by atoms with Gasteiger partial charge >= 0.3 is 5.63 Å². The number of fused-ring (bicyclic) bond motifs is 1. The van der Waals surface area contributed by atoms with Crippen molar-refractivity contribution in [1.82, 2.24) is 0 Å². The maximum Gasteiger partial charge on any atom is 0.336 e. The second kappa shape index (κ2) is 7.53. The topological polar surface area (TPSA) is 56.0 Å². The van der Waals surface area contributed by atoms with Crippen LogP contribution in [0.4, 0.5) is 0 Å². The van der Waals surface area contributed by atoms with Crippen LogP contribution in [0.5, 0.6) is 5.75 Å². The van der Waals surface area contributed by atoms with Gasteiger partial charge in [-0.05, 0) is 12.1 Å². The Bertz CT molecular complexity index is 900. The fraction of sp³-hybridized carbons (Fsp3) is 0.286. The zero-order chi connectivity index (χ0) is 17.8. The van der Waals surface area contributed by atoms with E-state index in [1.54, 1.807) is 19.2 Å². The van der Waals surface area contributed by atoms with Crippen LogP contribution in [0.25, 0.3) is 11.0 Å². The Balaban J connectivity index is 1.90. The number of hydrogen-bond donors (Lipinski definition) is 1. The first-order valence-electron chi connectivity index (χ1n) is 8.57. The number of methoxy groups -OCH3 is 1. The molecule has 0 bridgehead atoms. The standard InChI is InChI=1S/C21H23NO3/c1-14(2)21(15-7-5-4-6-8-15)22-13-16-11-20(23)25-19-12-17(24-3)9-10-18(16)19/h4-12,14,21-22H,13H2,1-3H3/p+1/t21-/m0/s1. The molecule has 0 unspecified atom stereocenters. The van der Waals surface area contributed by atoms with Gasteiger partial charge in [0, 0.05) is 34.6 Å². The molecule has 0 radical (unpaired) electrons. The van der Waals surface area contributed by atoms with Crippen molar-refractivity contribution in [1.29, 1.82) is 0 Å². The summed E-state index contributed by atoms with van der Waals surface area (Å²) in [7, 11) is 1.60. The van der Waals surface area contributed by atoms with Crippen LogP contribution in [0.3, 0.4) is 0 Å². The zero-order valence-corrected chi connectivity index (χ0v) is 14.9. The van der Waals surface area contributed by atoms with Gasteiger partial charge in [0.15, 0.2) is 0 Å². The van der Waals surface area contributed by atoms with Gasteiger partial charge in [-0.1, -0.05) is 44.2 Å².